The molecule has 0 aliphatic carbocycles. The van der Waals surface area contributed by atoms with Crippen LogP contribution in [0.5, 0.6) is 0 Å². The summed E-state index contributed by atoms with van der Waals surface area (Å²) >= 11 is 3.01. The first kappa shape index (κ1) is 11.6. The highest BCUT2D eigenvalue weighted by Crippen LogP contribution is 2.34. The van der Waals surface area contributed by atoms with Gasteiger partial charge in [-0.3, -0.25) is 0 Å². The van der Waals surface area contributed by atoms with Crippen molar-refractivity contribution in [3.63, 3.8) is 0 Å². The number of hydrogen-bond donors (Lipinski definition) is 2. The number of aromatic nitrogens is 1. The average molecular weight is 233 g/mol. The van der Waals surface area contributed by atoms with Crippen LogP contribution in [-0.2, 0) is 4.74 Å². The van der Waals surface area contributed by atoms with Gasteiger partial charge in [0.15, 0.2) is 5.82 Å². The summed E-state index contributed by atoms with van der Waals surface area (Å²) in [5, 5.41) is 4.29. The van der Waals surface area contributed by atoms with Crippen molar-refractivity contribution in [2.45, 2.75) is 11.8 Å². The van der Waals surface area contributed by atoms with E-state index in [2.05, 4.69) is 9.69 Å². The van der Waals surface area contributed by atoms with Crippen molar-refractivity contribution in [3.05, 3.63) is 0 Å². The quantitative estimate of drug-likeness (QED) is 0.580. The van der Waals surface area contributed by atoms with E-state index in [1.165, 1.54) is 11.5 Å². The van der Waals surface area contributed by atoms with Gasteiger partial charge in [0.05, 0.1) is 11.5 Å². The Bertz CT molecular complexity index is 278. The maximum atomic E-state index is 5.69. The third kappa shape index (κ3) is 3.04. The zero-order valence-corrected chi connectivity index (χ0v) is 10.0. The first-order valence-electron chi connectivity index (χ1n) is 4.40. The van der Waals surface area contributed by atoms with Gasteiger partial charge in [0.25, 0.3) is 0 Å². The van der Waals surface area contributed by atoms with Crippen molar-refractivity contribution in [2.24, 2.45) is 0 Å². The molecule has 0 radical (unpaired) electrons. The van der Waals surface area contributed by atoms with Gasteiger partial charge in [-0.15, -0.1) is 11.8 Å². The summed E-state index contributed by atoms with van der Waals surface area (Å²) in [6.07, 6.45) is 1.99. The van der Waals surface area contributed by atoms with Gasteiger partial charge in [0.2, 0.25) is 0 Å². The standard InChI is InChI=1S/C8H15N3OS2/c1-3-12-5-4-10-8-6(13-2)7(9)11-14-8/h10H,3-5H2,1-2H3,(H2,9,11). The van der Waals surface area contributed by atoms with Crippen molar-refractivity contribution in [3.8, 4) is 0 Å². The molecule has 80 valence electrons. The largest absolute Gasteiger partial charge is 0.382 e. The third-order valence-electron chi connectivity index (χ3n) is 1.61. The molecule has 4 nitrogen and oxygen atoms in total. The topological polar surface area (TPSA) is 60.2 Å². The van der Waals surface area contributed by atoms with Crippen molar-refractivity contribution in [1.82, 2.24) is 4.37 Å². The number of nitrogens with zero attached hydrogens (tertiary/aromatic N) is 1. The van der Waals surface area contributed by atoms with Crippen LogP contribution in [0.1, 0.15) is 6.92 Å². The van der Waals surface area contributed by atoms with E-state index in [1.807, 2.05) is 13.2 Å². The molecule has 14 heavy (non-hydrogen) atoms. The van der Waals surface area contributed by atoms with Crippen molar-refractivity contribution < 1.29 is 4.74 Å². The molecule has 3 N–H and O–H groups in total. The number of ether oxygens (including phenoxy) is 1. The molecule has 0 spiro atoms. The molecule has 0 atom stereocenters. The fourth-order valence-electron chi connectivity index (χ4n) is 0.985. The van der Waals surface area contributed by atoms with Crippen LogP contribution in [0.2, 0.25) is 0 Å². The Hall–Kier alpha value is -0.460. The van der Waals surface area contributed by atoms with E-state index in [0.717, 1.165) is 23.0 Å². The number of nitrogens with two attached hydrogens (primary N) is 1. The van der Waals surface area contributed by atoms with E-state index in [4.69, 9.17) is 10.5 Å². The van der Waals surface area contributed by atoms with Crippen molar-refractivity contribution >= 4 is 34.1 Å². The number of nitrogen functional groups attached to an aromatic ring is 1. The molecule has 0 aromatic carbocycles. The lowest BCUT2D eigenvalue weighted by Crippen LogP contribution is -2.08. The maximum absolute atomic E-state index is 5.69. The van der Waals surface area contributed by atoms with Gasteiger partial charge in [-0.05, 0) is 24.7 Å². The van der Waals surface area contributed by atoms with E-state index in [9.17, 15) is 0 Å². The number of thioether (sulfide) groups is 1. The average Bonchev–Trinajstić information content (AvgIpc) is 2.54. The summed E-state index contributed by atoms with van der Waals surface area (Å²) in [7, 11) is 0. The summed E-state index contributed by atoms with van der Waals surface area (Å²) in [6.45, 7) is 4.24. The smallest absolute Gasteiger partial charge is 0.153 e. The Morgan fingerprint density at radius 1 is 1.64 bits per heavy atom. The Morgan fingerprint density at radius 2 is 2.43 bits per heavy atom. The zero-order chi connectivity index (χ0) is 10.4. The molecule has 6 heteroatoms. The first-order valence-corrected chi connectivity index (χ1v) is 6.40. The molecule has 1 aromatic rings. The Labute approximate surface area is 92.4 Å². The van der Waals surface area contributed by atoms with Gasteiger partial charge in [0.1, 0.15) is 5.00 Å². The normalized spacial score (nSPS) is 10.4. The predicted molar refractivity (Wildman–Crippen MR) is 63.3 cm³/mol. The molecule has 0 unspecified atom stereocenters. The van der Waals surface area contributed by atoms with Gasteiger partial charge in [-0.1, -0.05) is 0 Å². The summed E-state index contributed by atoms with van der Waals surface area (Å²) < 4.78 is 9.30. The number of hydrogen-bond acceptors (Lipinski definition) is 6. The van der Waals surface area contributed by atoms with Crippen LogP contribution in [0, 0.1) is 0 Å². The Morgan fingerprint density at radius 3 is 3.07 bits per heavy atom. The molecule has 0 amide bonds. The number of nitrogens with one attached hydrogen (secondary N) is 1. The molecule has 0 saturated carbocycles. The zero-order valence-electron chi connectivity index (χ0n) is 8.37. The molecule has 1 heterocycles. The van der Waals surface area contributed by atoms with Crippen LogP contribution in [0.15, 0.2) is 4.90 Å². The highest BCUT2D eigenvalue weighted by atomic mass is 32.2. The Kier molecular flexibility index (Phi) is 5.06. The van der Waals surface area contributed by atoms with Gasteiger partial charge >= 0.3 is 0 Å². The van der Waals surface area contributed by atoms with Gasteiger partial charge in [-0.2, -0.15) is 4.37 Å². The highest BCUT2D eigenvalue weighted by molar-refractivity contribution is 7.99. The summed E-state index contributed by atoms with van der Waals surface area (Å²) in [5.41, 5.74) is 5.69. The molecule has 1 aromatic heterocycles. The highest BCUT2D eigenvalue weighted by Gasteiger charge is 2.08. The summed E-state index contributed by atoms with van der Waals surface area (Å²) in [4.78, 5) is 1.03. The molecular formula is C8H15N3OS2. The number of rotatable bonds is 6. The predicted octanol–water partition coefficient (Wildman–Crippen LogP) is 1.90. The molecular weight excluding hydrogens is 218 g/mol. The second kappa shape index (κ2) is 6.10. The minimum Gasteiger partial charge on any atom is -0.382 e. The fourth-order valence-corrected chi connectivity index (χ4v) is 2.55. The molecule has 0 fully saturated rings. The van der Waals surface area contributed by atoms with Crippen LogP contribution < -0.4 is 11.1 Å². The number of anilines is 2. The molecule has 0 bridgehead atoms. The van der Waals surface area contributed by atoms with E-state index in [-0.39, 0.29) is 0 Å². The minimum absolute atomic E-state index is 0.612. The van der Waals surface area contributed by atoms with E-state index in [0.29, 0.717) is 12.4 Å². The summed E-state index contributed by atoms with van der Waals surface area (Å²) in [6, 6.07) is 0. The van der Waals surface area contributed by atoms with Gasteiger partial charge < -0.3 is 15.8 Å². The van der Waals surface area contributed by atoms with Crippen LogP contribution >= 0.6 is 23.3 Å². The lowest BCUT2D eigenvalue weighted by molar-refractivity contribution is 0.158. The monoisotopic (exact) mass is 233 g/mol. The van der Waals surface area contributed by atoms with E-state index >= 15 is 0 Å². The molecule has 0 saturated heterocycles. The van der Waals surface area contributed by atoms with Gasteiger partial charge in [0, 0.05) is 13.2 Å². The molecule has 0 aliphatic rings. The third-order valence-corrected chi connectivity index (χ3v) is 3.38. The molecule has 0 aliphatic heterocycles. The van der Waals surface area contributed by atoms with Crippen LogP contribution in [0.4, 0.5) is 10.8 Å². The lowest BCUT2D eigenvalue weighted by atomic mass is 10.6. The van der Waals surface area contributed by atoms with Crippen LogP contribution in [-0.4, -0.2) is 30.4 Å². The van der Waals surface area contributed by atoms with Crippen LogP contribution in [0.3, 0.4) is 0 Å². The molecule has 1 rings (SSSR count). The van der Waals surface area contributed by atoms with E-state index < -0.39 is 0 Å². The fraction of sp³-hybridized carbons (Fsp3) is 0.625. The Balaban J connectivity index is 2.42. The second-order valence-corrected chi connectivity index (χ2v) is 4.14. The lowest BCUT2D eigenvalue weighted by Gasteiger charge is -2.04. The maximum Gasteiger partial charge on any atom is 0.153 e. The van der Waals surface area contributed by atoms with Crippen molar-refractivity contribution in [2.75, 3.05) is 37.1 Å². The van der Waals surface area contributed by atoms with Gasteiger partial charge in [-0.25, -0.2) is 0 Å². The second-order valence-electron chi connectivity index (χ2n) is 2.55. The SMILES string of the molecule is CCOCCNc1snc(N)c1SC. The van der Waals surface area contributed by atoms with Crippen LogP contribution in [0.25, 0.3) is 0 Å². The van der Waals surface area contributed by atoms with E-state index in [1.54, 1.807) is 11.8 Å². The van der Waals surface area contributed by atoms with Crippen molar-refractivity contribution in [1.29, 1.82) is 0 Å². The first-order chi connectivity index (χ1) is 6.79. The minimum atomic E-state index is 0.612. The summed E-state index contributed by atoms with van der Waals surface area (Å²) in [5.74, 6) is 0.612.